The van der Waals surface area contributed by atoms with Crippen LogP contribution in [0.5, 0.6) is 0 Å². The molecule has 2 N–H and O–H groups in total. The Morgan fingerprint density at radius 1 is 1.40 bits per heavy atom. The van der Waals surface area contributed by atoms with E-state index in [0.717, 1.165) is 19.6 Å². The van der Waals surface area contributed by atoms with Crippen molar-refractivity contribution in [2.75, 3.05) is 5.73 Å². The molecule has 7 heteroatoms. The first kappa shape index (κ1) is 13.7. The van der Waals surface area contributed by atoms with Gasteiger partial charge in [-0.3, -0.25) is 0 Å². The highest BCUT2D eigenvalue weighted by Gasteiger charge is 2.08. The van der Waals surface area contributed by atoms with Crippen LogP contribution in [0.3, 0.4) is 0 Å². The van der Waals surface area contributed by atoms with E-state index < -0.39 is 0 Å². The van der Waals surface area contributed by atoms with Crippen molar-refractivity contribution in [2.24, 2.45) is 0 Å². The van der Waals surface area contributed by atoms with E-state index in [-0.39, 0.29) is 5.63 Å². The minimum atomic E-state index is -0.338. The van der Waals surface area contributed by atoms with Crippen LogP contribution in [-0.2, 0) is 5.75 Å². The third kappa shape index (κ3) is 2.89. The second-order valence-corrected chi connectivity index (χ2v) is 7.29. The number of halogens is 1. The van der Waals surface area contributed by atoms with Gasteiger partial charge in [0.1, 0.15) is 5.58 Å². The molecular weight excluding hydrogens is 360 g/mol. The van der Waals surface area contributed by atoms with Gasteiger partial charge in [0.05, 0.1) is 10.4 Å². The van der Waals surface area contributed by atoms with Crippen molar-refractivity contribution < 1.29 is 4.42 Å². The molecule has 1 aromatic carbocycles. The van der Waals surface area contributed by atoms with Crippen LogP contribution in [0.4, 0.5) is 5.13 Å². The lowest BCUT2D eigenvalue weighted by atomic mass is 10.1. The quantitative estimate of drug-likeness (QED) is 0.560. The second-order valence-electron chi connectivity index (χ2n) is 4.04. The van der Waals surface area contributed by atoms with E-state index in [1.807, 2.05) is 12.1 Å². The summed E-state index contributed by atoms with van der Waals surface area (Å²) in [5, 5.41) is 1.49. The highest BCUT2D eigenvalue weighted by molar-refractivity contribution is 9.10. The number of nitrogens with zero attached hydrogens (tertiary/aromatic N) is 1. The average Bonchev–Trinajstić information content (AvgIpc) is 2.81. The van der Waals surface area contributed by atoms with Gasteiger partial charge < -0.3 is 10.2 Å². The maximum Gasteiger partial charge on any atom is 0.336 e. The fraction of sp³-hybridized carbons (Fsp3) is 0.0769. The molecule has 3 rings (SSSR count). The first-order valence-electron chi connectivity index (χ1n) is 5.68. The van der Waals surface area contributed by atoms with E-state index in [2.05, 4.69) is 20.9 Å². The van der Waals surface area contributed by atoms with Crippen LogP contribution < -0.4 is 11.4 Å². The van der Waals surface area contributed by atoms with Crippen molar-refractivity contribution in [3.8, 4) is 0 Å². The van der Waals surface area contributed by atoms with Crippen LogP contribution in [0, 0.1) is 0 Å². The van der Waals surface area contributed by atoms with Gasteiger partial charge in [0, 0.05) is 21.7 Å². The molecule has 0 aliphatic heterocycles. The molecule has 4 nitrogen and oxygen atoms in total. The Morgan fingerprint density at radius 3 is 3.00 bits per heavy atom. The lowest BCUT2D eigenvalue weighted by Crippen LogP contribution is -1.99. The number of aromatic nitrogens is 1. The fourth-order valence-corrected chi connectivity index (χ4v) is 3.90. The van der Waals surface area contributed by atoms with Gasteiger partial charge in [0.15, 0.2) is 5.13 Å². The maximum atomic E-state index is 11.6. The molecule has 0 amide bonds. The minimum absolute atomic E-state index is 0.338. The standard InChI is InChI=1S/C13H9BrN2O2S2/c14-8-1-2-9-7(3-11(17)18-10(9)4-8)6-19-12-5-16-13(15)20-12/h1-5H,6H2,(H2,15,16). The third-order valence-electron chi connectivity index (χ3n) is 2.66. The summed E-state index contributed by atoms with van der Waals surface area (Å²) in [4.78, 5) is 15.6. The van der Waals surface area contributed by atoms with Crippen LogP contribution in [-0.4, -0.2) is 4.98 Å². The molecule has 0 unspecified atom stereocenters. The summed E-state index contributed by atoms with van der Waals surface area (Å²) in [5.74, 6) is 0.672. The molecule has 2 heterocycles. The van der Waals surface area contributed by atoms with Gasteiger partial charge in [-0.15, -0.1) is 11.8 Å². The van der Waals surface area contributed by atoms with Crippen LogP contribution in [0.2, 0.25) is 0 Å². The Balaban J connectivity index is 1.96. The number of nitrogens with two attached hydrogens (primary N) is 1. The molecule has 0 aliphatic carbocycles. The van der Waals surface area contributed by atoms with Crippen LogP contribution in [0.1, 0.15) is 5.56 Å². The van der Waals surface area contributed by atoms with Gasteiger partial charge in [-0.1, -0.05) is 27.3 Å². The normalized spacial score (nSPS) is 11.1. The van der Waals surface area contributed by atoms with E-state index in [0.29, 0.717) is 16.5 Å². The molecule has 0 saturated carbocycles. The van der Waals surface area contributed by atoms with E-state index in [1.54, 1.807) is 24.0 Å². The topological polar surface area (TPSA) is 69.1 Å². The first-order chi connectivity index (χ1) is 9.61. The predicted octanol–water partition coefficient (Wildman–Crippen LogP) is 3.89. The van der Waals surface area contributed by atoms with Crippen molar-refractivity contribution in [1.82, 2.24) is 4.98 Å². The Labute approximate surface area is 131 Å². The molecule has 3 aromatic rings. The zero-order valence-corrected chi connectivity index (χ0v) is 13.3. The SMILES string of the molecule is Nc1ncc(SCc2cc(=O)oc3cc(Br)ccc23)s1. The number of hydrogen-bond acceptors (Lipinski definition) is 6. The van der Waals surface area contributed by atoms with Gasteiger partial charge in [-0.2, -0.15) is 0 Å². The van der Waals surface area contributed by atoms with Gasteiger partial charge in [0.25, 0.3) is 0 Å². The van der Waals surface area contributed by atoms with E-state index in [1.165, 1.54) is 17.4 Å². The average molecular weight is 369 g/mol. The highest BCUT2D eigenvalue weighted by atomic mass is 79.9. The molecule has 0 saturated heterocycles. The Bertz CT molecular complexity index is 829. The number of fused-ring (bicyclic) bond motifs is 1. The molecular formula is C13H9BrN2O2S2. The number of hydrogen-bond donors (Lipinski definition) is 1. The summed E-state index contributed by atoms with van der Waals surface area (Å²) in [6, 6.07) is 7.21. The molecule has 0 bridgehead atoms. The Kier molecular flexibility index (Phi) is 3.82. The third-order valence-corrected chi connectivity index (χ3v) is 5.23. The Morgan fingerprint density at radius 2 is 2.25 bits per heavy atom. The van der Waals surface area contributed by atoms with Gasteiger partial charge in [0.2, 0.25) is 0 Å². The summed E-state index contributed by atoms with van der Waals surface area (Å²) in [5.41, 5.74) is 6.80. The van der Waals surface area contributed by atoms with E-state index >= 15 is 0 Å². The fourth-order valence-electron chi connectivity index (χ4n) is 1.81. The second kappa shape index (κ2) is 5.59. The highest BCUT2D eigenvalue weighted by Crippen LogP contribution is 2.31. The van der Waals surface area contributed by atoms with Crippen LogP contribution in [0.25, 0.3) is 11.0 Å². The zero-order chi connectivity index (χ0) is 14.1. The smallest absolute Gasteiger partial charge is 0.336 e. The van der Waals surface area contributed by atoms with E-state index in [4.69, 9.17) is 10.2 Å². The first-order valence-corrected chi connectivity index (χ1v) is 8.28. The number of nitrogen functional groups attached to an aromatic ring is 1. The molecule has 2 aromatic heterocycles. The van der Waals surface area contributed by atoms with Gasteiger partial charge in [-0.05, 0) is 23.8 Å². The van der Waals surface area contributed by atoms with Crippen molar-refractivity contribution in [3.63, 3.8) is 0 Å². The monoisotopic (exact) mass is 368 g/mol. The van der Waals surface area contributed by atoms with Crippen LogP contribution >= 0.6 is 39.0 Å². The van der Waals surface area contributed by atoms with E-state index in [9.17, 15) is 4.79 Å². The zero-order valence-electron chi connectivity index (χ0n) is 10.1. The summed E-state index contributed by atoms with van der Waals surface area (Å²) in [6.07, 6.45) is 1.74. The van der Waals surface area contributed by atoms with Crippen molar-refractivity contribution >= 4 is 55.1 Å². The minimum Gasteiger partial charge on any atom is -0.423 e. The number of rotatable bonds is 3. The summed E-state index contributed by atoms with van der Waals surface area (Å²) in [6.45, 7) is 0. The molecule has 102 valence electrons. The molecule has 0 fully saturated rings. The van der Waals surface area contributed by atoms with Crippen molar-refractivity contribution in [1.29, 1.82) is 0 Å². The lowest BCUT2D eigenvalue weighted by molar-refractivity contribution is 0.559. The van der Waals surface area contributed by atoms with Gasteiger partial charge >= 0.3 is 5.63 Å². The number of thiazole rings is 1. The summed E-state index contributed by atoms with van der Waals surface area (Å²) in [7, 11) is 0. The van der Waals surface area contributed by atoms with Crippen LogP contribution in [0.15, 0.2) is 48.4 Å². The maximum absolute atomic E-state index is 11.6. The number of anilines is 1. The summed E-state index contributed by atoms with van der Waals surface area (Å²) >= 11 is 6.42. The predicted molar refractivity (Wildman–Crippen MR) is 86.3 cm³/mol. The lowest BCUT2D eigenvalue weighted by Gasteiger charge is -2.04. The molecule has 0 spiro atoms. The molecule has 0 atom stereocenters. The number of thioether (sulfide) groups is 1. The number of benzene rings is 1. The molecule has 0 radical (unpaired) electrons. The Hall–Kier alpha value is -1.31. The largest absolute Gasteiger partial charge is 0.423 e. The molecule has 0 aliphatic rings. The molecule has 20 heavy (non-hydrogen) atoms. The summed E-state index contributed by atoms with van der Waals surface area (Å²) < 4.78 is 7.13. The van der Waals surface area contributed by atoms with Gasteiger partial charge in [-0.25, -0.2) is 9.78 Å². The van der Waals surface area contributed by atoms with Crippen molar-refractivity contribution in [2.45, 2.75) is 9.96 Å². The van der Waals surface area contributed by atoms with Crippen molar-refractivity contribution in [3.05, 3.63) is 50.9 Å².